The number of carbonyl (C=O) groups excluding carboxylic acids is 2. The Morgan fingerprint density at radius 3 is 2.27 bits per heavy atom. The lowest BCUT2D eigenvalue weighted by Crippen LogP contribution is -2.23. The molecule has 0 bridgehead atoms. The predicted octanol–water partition coefficient (Wildman–Crippen LogP) is 2.92. The molecule has 2 rings (SSSR count). The number of anilines is 1. The van der Waals surface area contributed by atoms with Crippen molar-refractivity contribution in [2.45, 2.75) is 0 Å². The number of carbonyl (C=O) groups is 2. The van der Waals surface area contributed by atoms with E-state index >= 15 is 0 Å². The van der Waals surface area contributed by atoms with Crippen LogP contribution in [0.25, 0.3) is 0 Å². The van der Waals surface area contributed by atoms with E-state index in [0.29, 0.717) is 28.0 Å². The minimum absolute atomic E-state index is 0.333. The summed E-state index contributed by atoms with van der Waals surface area (Å²) in [6, 6.07) is 11.5. The number of hydrogen-bond acceptors (Lipinski definition) is 6. The molecule has 0 saturated carbocycles. The average molecular weight is 380 g/mol. The van der Waals surface area contributed by atoms with Gasteiger partial charge in [0.05, 0.1) is 14.2 Å². The molecular weight excluding hydrogens is 362 g/mol. The Morgan fingerprint density at radius 1 is 0.962 bits per heavy atom. The Balaban J connectivity index is 1.80. The molecule has 8 heteroatoms. The summed E-state index contributed by atoms with van der Waals surface area (Å²) in [5.41, 5.74) is 0.456. The highest BCUT2D eigenvalue weighted by Crippen LogP contribution is 2.25. The molecule has 0 aromatic heterocycles. The van der Waals surface area contributed by atoms with Crippen LogP contribution >= 0.6 is 11.6 Å². The Kier molecular flexibility index (Phi) is 7.11. The van der Waals surface area contributed by atoms with Gasteiger partial charge in [0, 0.05) is 28.9 Å². The van der Waals surface area contributed by atoms with Crippen LogP contribution in [0.2, 0.25) is 5.02 Å². The topological polar surface area (TPSA) is 83.1 Å². The standard InChI is InChI=1S/C18H18ClNO6/c1-23-15-7-13(8-16(9-15)24-2)20-17(21)10-26-18(22)11-25-14-5-3-4-12(19)6-14/h3-9H,10-11H2,1-2H3,(H,20,21). The molecule has 0 aliphatic carbocycles. The molecule has 0 spiro atoms. The molecule has 2 aromatic carbocycles. The third-order valence-corrected chi connectivity index (χ3v) is 3.39. The number of esters is 1. The van der Waals surface area contributed by atoms with E-state index in [1.165, 1.54) is 14.2 Å². The molecule has 0 atom stereocenters. The predicted molar refractivity (Wildman–Crippen MR) is 96.1 cm³/mol. The van der Waals surface area contributed by atoms with Crippen LogP contribution < -0.4 is 19.5 Å². The van der Waals surface area contributed by atoms with Gasteiger partial charge < -0.3 is 24.3 Å². The van der Waals surface area contributed by atoms with E-state index in [0.717, 1.165) is 0 Å². The van der Waals surface area contributed by atoms with E-state index in [1.54, 1.807) is 42.5 Å². The minimum Gasteiger partial charge on any atom is -0.497 e. The van der Waals surface area contributed by atoms with Gasteiger partial charge in [0.25, 0.3) is 5.91 Å². The summed E-state index contributed by atoms with van der Waals surface area (Å²) in [6.07, 6.45) is 0. The van der Waals surface area contributed by atoms with Crippen molar-refractivity contribution in [1.29, 1.82) is 0 Å². The maximum absolute atomic E-state index is 11.9. The number of benzene rings is 2. The number of nitrogens with one attached hydrogen (secondary N) is 1. The summed E-state index contributed by atoms with van der Waals surface area (Å²) >= 11 is 5.82. The van der Waals surface area contributed by atoms with Crippen molar-refractivity contribution in [1.82, 2.24) is 0 Å². The van der Waals surface area contributed by atoms with Crippen molar-refractivity contribution in [2.75, 3.05) is 32.8 Å². The van der Waals surface area contributed by atoms with Crippen LogP contribution in [0.5, 0.6) is 17.2 Å². The molecule has 0 unspecified atom stereocenters. The van der Waals surface area contributed by atoms with Crippen molar-refractivity contribution in [3.8, 4) is 17.2 Å². The van der Waals surface area contributed by atoms with Gasteiger partial charge in [-0.2, -0.15) is 0 Å². The molecule has 7 nitrogen and oxygen atoms in total. The van der Waals surface area contributed by atoms with Crippen LogP contribution in [0, 0.1) is 0 Å². The number of ether oxygens (including phenoxy) is 4. The average Bonchev–Trinajstić information content (AvgIpc) is 2.64. The van der Waals surface area contributed by atoms with Crippen LogP contribution in [0.4, 0.5) is 5.69 Å². The first-order valence-electron chi connectivity index (χ1n) is 7.57. The lowest BCUT2D eigenvalue weighted by molar-refractivity contribution is -0.149. The summed E-state index contributed by atoms with van der Waals surface area (Å²) in [7, 11) is 3.00. The molecule has 138 valence electrons. The van der Waals surface area contributed by atoms with Gasteiger partial charge in [0.2, 0.25) is 0 Å². The van der Waals surface area contributed by atoms with Gasteiger partial charge >= 0.3 is 5.97 Å². The van der Waals surface area contributed by atoms with Crippen molar-refractivity contribution in [3.63, 3.8) is 0 Å². The van der Waals surface area contributed by atoms with Crippen molar-refractivity contribution in [2.24, 2.45) is 0 Å². The van der Waals surface area contributed by atoms with Gasteiger partial charge in [-0.1, -0.05) is 17.7 Å². The monoisotopic (exact) mass is 379 g/mol. The fraction of sp³-hybridized carbons (Fsp3) is 0.222. The number of rotatable bonds is 8. The second kappa shape index (κ2) is 9.53. The molecule has 0 heterocycles. The highest BCUT2D eigenvalue weighted by Gasteiger charge is 2.10. The molecule has 0 fully saturated rings. The summed E-state index contributed by atoms with van der Waals surface area (Å²) in [4.78, 5) is 23.6. The SMILES string of the molecule is COc1cc(NC(=O)COC(=O)COc2cccc(Cl)c2)cc(OC)c1. The van der Waals surface area contributed by atoms with Crippen molar-refractivity contribution in [3.05, 3.63) is 47.5 Å². The molecule has 0 radical (unpaired) electrons. The smallest absolute Gasteiger partial charge is 0.344 e. The van der Waals surface area contributed by atoms with Gasteiger partial charge in [0.15, 0.2) is 13.2 Å². The van der Waals surface area contributed by atoms with Gasteiger partial charge in [-0.15, -0.1) is 0 Å². The molecule has 1 amide bonds. The zero-order valence-electron chi connectivity index (χ0n) is 14.3. The summed E-state index contributed by atoms with van der Waals surface area (Å²) in [5, 5.41) is 3.08. The first-order valence-corrected chi connectivity index (χ1v) is 7.95. The normalized spacial score (nSPS) is 9.96. The minimum atomic E-state index is -0.677. The van der Waals surface area contributed by atoms with Gasteiger partial charge in [-0.25, -0.2) is 4.79 Å². The Morgan fingerprint density at radius 2 is 1.65 bits per heavy atom. The second-order valence-corrected chi connectivity index (χ2v) is 5.49. The molecule has 26 heavy (non-hydrogen) atoms. The van der Waals surface area contributed by atoms with Crippen molar-refractivity contribution >= 4 is 29.2 Å². The van der Waals surface area contributed by atoms with Crippen LogP contribution in [-0.2, 0) is 14.3 Å². The van der Waals surface area contributed by atoms with E-state index in [9.17, 15) is 9.59 Å². The third kappa shape index (κ3) is 6.18. The van der Waals surface area contributed by atoms with E-state index in [1.807, 2.05) is 0 Å². The van der Waals surface area contributed by atoms with Crippen LogP contribution in [0.1, 0.15) is 0 Å². The third-order valence-electron chi connectivity index (χ3n) is 3.15. The first-order chi connectivity index (χ1) is 12.5. The van der Waals surface area contributed by atoms with Crippen molar-refractivity contribution < 1.29 is 28.5 Å². The van der Waals surface area contributed by atoms with Gasteiger partial charge in [-0.3, -0.25) is 4.79 Å². The largest absolute Gasteiger partial charge is 0.497 e. The number of halogens is 1. The van der Waals surface area contributed by atoms with Gasteiger partial charge in [-0.05, 0) is 18.2 Å². The Bertz CT molecular complexity index is 758. The fourth-order valence-electron chi connectivity index (χ4n) is 1.96. The van der Waals surface area contributed by atoms with E-state index in [4.69, 9.17) is 30.5 Å². The summed E-state index contributed by atoms with van der Waals surface area (Å²) in [5.74, 6) is 0.292. The first kappa shape index (κ1) is 19.4. The molecule has 1 N–H and O–H groups in total. The lowest BCUT2D eigenvalue weighted by atomic mass is 10.2. The molecule has 2 aromatic rings. The summed E-state index contributed by atoms with van der Waals surface area (Å²) in [6.45, 7) is -0.780. The van der Waals surface area contributed by atoms with Gasteiger partial charge in [0.1, 0.15) is 17.2 Å². The Hall–Kier alpha value is -2.93. The van der Waals surface area contributed by atoms with Crippen LogP contribution in [0.3, 0.4) is 0 Å². The van der Waals surface area contributed by atoms with Crippen LogP contribution in [0.15, 0.2) is 42.5 Å². The number of hydrogen-bond donors (Lipinski definition) is 1. The molecular formula is C18H18ClNO6. The molecule has 0 aliphatic heterocycles. The Labute approximate surface area is 155 Å². The van der Waals surface area contributed by atoms with E-state index in [-0.39, 0.29) is 6.61 Å². The quantitative estimate of drug-likeness (QED) is 0.710. The molecule has 0 saturated heterocycles. The molecule has 0 aliphatic rings. The maximum atomic E-state index is 11.9. The lowest BCUT2D eigenvalue weighted by Gasteiger charge is -2.10. The second-order valence-electron chi connectivity index (χ2n) is 5.06. The zero-order chi connectivity index (χ0) is 18.9. The fourth-order valence-corrected chi connectivity index (χ4v) is 2.14. The summed E-state index contributed by atoms with van der Waals surface area (Å²) < 4.78 is 20.3. The highest BCUT2D eigenvalue weighted by molar-refractivity contribution is 6.30. The number of amides is 1. The maximum Gasteiger partial charge on any atom is 0.344 e. The van der Waals surface area contributed by atoms with E-state index < -0.39 is 18.5 Å². The highest BCUT2D eigenvalue weighted by atomic mass is 35.5. The van der Waals surface area contributed by atoms with Crippen LogP contribution in [-0.4, -0.2) is 39.3 Å². The van der Waals surface area contributed by atoms with E-state index in [2.05, 4.69) is 5.32 Å². The zero-order valence-corrected chi connectivity index (χ0v) is 15.0. The number of methoxy groups -OCH3 is 2.